The third-order valence-corrected chi connectivity index (χ3v) is 4.04. The Hall–Kier alpha value is -3.42. The van der Waals surface area contributed by atoms with Crippen molar-refractivity contribution < 1.29 is 33.6 Å². The maximum Gasteiger partial charge on any atom is 0.305 e. The molecule has 2 rings (SSSR count). The van der Waals surface area contributed by atoms with Gasteiger partial charge in [0, 0.05) is 11.6 Å². The van der Waals surface area contributed by atoms with Crippen LogP contribution < -0.4 is 24.3 Å². The number of hydrogen-bond acceptors (Lipinski definition) is 6. The van der Waals surface area contributed by atoms with Crippen molar-refractivity contribution in [3.8, 4) is 23.0 Å². The van der Waals surface area contributed by atoms with Crippen LogP contribution in [0, 0.1) is 0 Å². The minimum Gasteiger partial charge on any atom is -0.497 e. The molecule has 0 unspecified atom stereocenters. The van der Waals surface area contributed by atoms with E-state index >= 15 is 0 Å². The number of carbonyl (C=O) groups excluding carboxylic acids is 1. The molecule has 29 heavy (non-hydrogen) atoms. The number of carbonyl (C=O) groups is 2. The molecular weight excluding hydrogens is 378 g/mol. The number of rotatable bonds is 11. The van der Waals surface area contributed by atoms with Crippen molar-refractivity contribution in [2.24, 2.45) is 0 Å². The Morgan fingerprint density at radius 2 is 1.69 bits per heavy atom. The van der Waals surface area contributed by atoms with E-state index in [9.17, 15) is 14.7 Å². The summed E-state index contributed by atoms with van der Waals surface area (Å²) < 4.78 is 21.5. The molecule has 2 N–H and O–H groups in total. The van der Waals surface area contributed by atoms with E-state index in [0.717, 1.165) is 0 Å². The number of carboxylic acid groups (broad SMARTS) is 1. The average molecular weight is 403 g/mol. The third kappa shape index (κ3) is 6.31. The molecule has 0 saturated heterocycles. The van der Waals surface area contributed by atoms with Gasteiger partial charge >= 0.3 is 5.97 Å². The van der Waals surface area contributed by atoms with Gasteiger partial charge in [-0.3, -0.25) is 9.59 Å². The number of ether oxygens (including phenoxy) is 4. The number of carboxylic acids is 1. The first-order valence-corrected chi connectivity index (χ1v) is 9.06. The summed E-state index contributed by atoms with van der Waals surface area (Å²) in [6, 6.07) is 11.2. The Morgan fingerprint density at radius 3 is 2.28 bits per heavy atom. The van der Waals surface area contributed by atoms with Gasteiger partial charge in [-0.25, -0.2) is 0 Å². The van der Waals surface area contributed by atoms with Crippen LogP contribution in [0.15, 0.2) is 42.5 Å². The summed E-state index contributed by atoms with van der Waals surface area (Å²) in [5, 5.41) is 12.0. The summed E-state index contributed by atoms with van der Waals surface area (Å²) >= 11 is 0. The fourth-order valence-electron chi connectivity index (χ4n) is 2.74. The van der Waals surface area contributed by atoms with Crippen LogP contribution in [0.25, 0.3) is 0 Å². The van der Waals surface area contributed by atoms with Crippen molar-refractivity contribution in [2.75, 3.05) is 27.4 Å². The maximum absolute atomic E-state index is 12.4. The van der Waals surface area contributed by atoms with Gasteiger partial charge in [0.1, 0.15) is 11.5 Å². The van der Waals surface area contributed by atoms with Crippen molar-refractivity contribution in [1.29, 1.82) is 0 Å². The molecule has 0 aliphatic carbocycles. The summed E-state index contributed by atoms with van der Waals surface area (Å²) in [7, 11) is 2.98. The van der Waals surface area contributed by atoms with Gasteiger partial charge in [0.2, 0.25) is 0 Å². The van der Waals surface area contributed by atoms with Gasteiger partial charge < -0.3 is 29.4 Å². The fraction of sp³-hybridized carbons (Fsp3) is 0.333. The Balaban J connectivity index is 2.12. The van der Waals surface area contributed by atoms with E-state index in [4.69, 9.17) is 18.9 Å². The number of benzene rings is 2. The number of hydrogen-bond donors (Lipinski definition) is 2. The molecule has 2 aromatic carbocycles. The lowest BCUT2D eigenvalue weighted by Crippen LogP contribution is -2.34. The monoisotopic (exact) mass is 403 g/mol. The van der Waals surface area contributed by atoms with Crippen molar-refractivity contribution in [3.63, 3.8) is 0 Å². The van der Waals surface area contributed by atoms with Crippen LogP contribution in [0.1, 0.15) is 24.9 Å². The molecule has 0 bridgehead atoms. The van der Waals surface area contributed by atoms with Crippen molar-refractivity contribution >= 4 is 11.9 Å². The highest BCUT2D eigenvalue weighted by molar-refractivity contribution is 5.79. The minimum absolute atomic E-state index is 0.293. The zero-order chi connectivity index (χ0) is 21.2. The minimum atomic E-state index is -1.06. The summed E-state index contributed by atoms with van der Waals surface area (Å²) in [5.41, 5.74) is 0.527. The lowest BCUT2D eigenvalue weighted by atomic mass is 10.0. The largest absolute Gasteiger partial charge is 0.497 e. The van der Waals surface area contributed by atoms with Gasteiger partial charge in [-0.05, 0) is 31.2 Å². The summed E-state index contributed by atoms with van der Waals surface area (Å²) in [6.45, 7) is 2.02. The van der Waals surface area contributed by atoms with Crippen LogP contribution in [0.2, 0.25) is 0 Å². The first-order valence-electron chi connectivity index (χ1n) is 9.06. The highest BCUT2D eigenvalue weighted by Gasteiger charge is 2.22. The van der Waals surface area contributed by atoms with Crippen LogP contribution in [0.3, 0.4) is 0 Å². The first kappa shape index (κ1) is 21.9. The zero-order valence-corrected chi connectivity index (χ0v) is 16.6. The van der Waals surface area contributed by atoms with Gasteiger partial charge in [0.15, 0.2) is 18.1 Å². The average Bonchev–Trinajstić information content (AvgIpc) is 2.72. The standard InChI is InChI=1S/C21H25NO7/c1-4-28-17-7-5-6-8-18(17)29-13-20(23)22-16(12-21(24)25)15-10-9-14(26-2)11-19(15)27-3/h5-11,16H,4,12-13H2,1-3H3,(H,22,23)(H,24,25)/t16-/m1/s1. The molecule has 156 valence electrons. The molecule has 0 fully saturated rings. The predicted molar refractivity (Wildman–Crippen MR) is 106 cm³/mol. The summed E-state index contributed by atoms with van der Waals surface area (Å²) in [6.07, 6.45) is -0.316. The molecule has 0 saturated carbocycles. The Bertz CT molecular complexity index is 838. The topological polar surface area (TPSA) is 103 Å². The summed E-state index contributed by atoms with van der Waals surface area (Å²) in [4.78, 5) is 23.8. The second-order valence-electron chi connectivity index (χ2n) is 5.99. The molecule has 1 atom stereocenters. The van der Waals surface area contributed by atoms with Crippen molar-refractivity contribution in [1.82, 2.24) is 5.32 Å². The molecule has 0 spiro atoms. The highest BCUT2D eigenvalue weighted by atomic mass is 16.5. The molecule has 0 radical (unpaired) electrons. The first-order chi connectivity index (χ1) is 14.0. The van der Waals surface area contributed by atoms with E-state index in [1.807, 2.05) is 6.92 Å². The van der Waals surface area contributed by atoms with Gasteiger partial charge in [-0.2, -0.15) is 0 Å². The number of nitrogens with one attached hydrogen (secondary N) is 1. The van der Waals surface area contributed by atoms with E-state index in [1.165, 1.54) is 14.2 Å². The second-order valence-corrected chi connectivity index (χ2v) is 5.99. The number of amides is 1. The molecule has 0 aromatic heterocycles. The summed E-state index contributed by atoms with van der Waals surface area (Å²) in [5.74, 6) is 0.402. The third-order valence-electron chi connectivity index (χ3n) is 4.04. The van der Waals surface area contributed by atoms with Crippen molar-refractivity contribution in [2.45, 2.75) is 19.4 Å². The molecule has 8 heteroatoms. The lowest BCUT2D eigenvalue weighted by molar-refractivity contribution is -0.137. The SMILES string of the molecule is CCOc1ccccc1OCC(=O)N[C@H](CC(=O)O)c1ccc(OC)cc1OC. The number of methoxy groups -OCH3 is 2. The molecule has 2 aromatic rings. The normalized spacial score (nSPS) is 11.3. The Kier molecular flexibility index (Phi) is 8.14. The van der Waals surface area contributed by atoms with E-state index in [0.29, 0.717) is 35.2 Å². The Labute approximate surface area is 169 Å². The fourth-order valence-corrected chi connectivity index (χ4v) is 2.74. The van der Waals surface area contributed by atoms with Crippen LogP contribution >= 0.6 is 0 Å². The van der Waals surface area contributed by atoms with Gasteiger partial charge in [0.25, 0.3) is 5.91 Å². The van der Waals surface area contributed by atoms with Gasteiger partial charge in [0.05, 0.1) is 33.3 Å². The van der Waals surface area contributed by atoms with Crippen LogP contribution in [0.5, 0.6) is 23.0 Å². The maximum atomic E-state index is 12.4. The van der Waals surface area contributed by atoms with E-state index in [2.05, 4.69) is 5.32 Å². The van der Waals surface area contributed by atoms with Gasteiger partial charge in [-0.1, -0.05) is 12.1 Å². The van der Waals surface area contributed by atoms with Crippen molar-refractivity contribution in [3.05, 3.63) is 48.0 Å². The number of aliphatic carboxylic acids is 1. The van der Waals surface area contributed by atoms with E-state index in [-0.39, 0.29) is 13.0 Å². The smallest absolute Gasteiger partial charge is 0.305 e. The van der Waals surface area contributed by atoms with Gasteiger partial charge in [-0.15, -0.1) is 0 Å². The quantitative estimate of drug-likeness (QED) is 0.595. The molecule has 0 aliphatic rings. The van der Waals surface area contributed by atoms with Crippen LogP contribution in [-0.4, -0.2) is 44.4 Å². The lowest BCUT2D eigenvalue weighted by Gasteiger charge is -2.21. The second kappa shape index (κ2) is 10.8. The molecule has 8 nitrogen and oxygen atoms in total. The van der Waals surface area contributed by atoms with Crippen LogP contribution in [0.4, 0.5) is 0 Å². The molecular formula is C21H25NO7. The van der Waals surface area contributed by atoms with E-state index < -0.39 is 17.9 Å². The molecule has 0 heterocycles. The number of para-hydroxylation sites is 2. The Morgan fingerprint density at radius 1 is 1.00 bits per heavy atom. The molecule has 0 aliphatic heterocycles. The van der Waals surface area contributed by atoms with Crippen LogP contribution in [-0.2, 0) is 9.59 Å². The highest BCUT2D eigenvalue weighted by Crippen LogP contribution is 2.31. The van der Waals surface area contributed by atoms with E-state index in [1.54, 1.807) is 42.5 Å². The molecule has 1 amide bonds. The predicted octanol–water partition coefficient (Wildman–Crippen LogP) is 2.81. The zero-order valence-electron chi connectivity index (χ0n) is 16.6.